The molecule has 0 atom stereocenters. The van der Waals surface area contributed by atoms with E-state index in [1.807, 2.05) is 19.1 Å². The third-order valence-corrected chi connectivity index (χ3v) is 2.33. The Balaban J connectivity index is 2.51. The van der Waals surface area contributed by atoms with Gasteiger partial charge in [0.15, 0.2) is 0 Å². The first kappa shape index (κ1) is 14.9. The van der Waals surface area contributed by atoms with Gasteiger partial charge in [0.25, 0.3) is 0 Å². The molecular weight excluding hydrogens is 228 g/mol. The van der Waals surface area contributed by atoms with Gasteiger partial charge in [0.1, 0.15) is 6.61 Å². The first-order chi connectivity index (χ1) is 8.53. The normalized spacial score (nSPS) is 11.6. The lowest BCUT2D eigenvalue weighted by atomic mass is 10.1. The maximum Gasteiger partial charge on any atom is 0.217 e. The smallest absolute Gasteiger partial charge is 0.217 e. The molecule has 0 aromatic carbocycles. The van der Waals surface area contributed by atoms with Gasteiger partial charge in [-0.05, 0) is 33.8 Å². The Morgan fingerprint density at radius 2 is 2.06 bits per heavy atom. The highest BCUT2D eigenvalue weighted by Gasteiger charge is 2.11. The largest absolute Gasteiger partial charge is 0.475 e. The molecule has 0 radical (unpaired) electrons. The quantitative estimate of drug-likeness (QED) is 0.757. The van der Waals surface area contributed by atoms with Crippen LogP contribution in [-0.4, -0.2) is 30.3 Å². The zero-order chi connectivity index (χ0) is 13.4. The van der Waals surface area contributed by atoms with Crippen LogP contribution in [0.5, 0.6) is 5.88 Å². The maximum atomic E-state index is 5.63. The second kappa shape index (κ2) is 7.34. The summed E-state index contributed by atoms with van der Waals surface area (Å²) < 4.78 is 10.9. The molecule has 18 heavy (non-hydrogen) atoms. The summed E-state index contributed by atoms with van der Waals surface area (Å²) in [4.78, 5) is 4.26. The van der Waals surface area contributed by atoms with Crippen LogP contribution in [-0.2, 0) is 11.3 Å². The molecule has 0 aliphatic heterocycles. The van der Waals surface area contributed by atoms with Crippen LogP contribution < -0.4 is 10.1 Å². The van der Waals surface area contributed by atoms with Crippen molar-refractivity contribution in [2.24, 2.45) is 0 Å². The van der Waals surface area contributed by atoms with Gasteiger partial charge in [0.05, 0.1) is 6.61 Å². The van der Waals surface area contributed by atoms with Crippen molar-refractivity contribution in [1.29, 1.82) is 0 Å². The number of rotatable bonds is 7. The second-order valence-corrected chi connectivity index (χ2v) is 5.12. The van der Waals surface area contributed by atoms with Crippen LogP contribution in [0, 0.1) is 0 Å². The number of aromatic nitrogens is 1. The molecule has 0 spiro atoms. The molecular formula is C14H24N2O2. The summed E-state index contributed by atoms with van der Waals surface area (Å²) in [6.45, 7) is 11.0. The topological polar surface area (TPSA) is 43.4 Å². The summed E-state index contributed by atoms with van der Waals surface area (Å²) in [7, 11) is 0. The lowest BCUT2D eigenvalue weighted by Gasteiger charge is -2.21. The average molecular weight is 252 g/mol. The van der Waals surface area contributed by atoms with E-state index >= 15 is 0 Å². The van der Waals surface area contributed by atoms with Crippen LogP contribution >= 0.6 is 0 Å². The average Bonchev–Trinajstić information content (AvgIpc) is 2.32. The van der Waals surface area contributed by atoms with E-state index in [9.17, 15) is 0 Å². The Morgan fingerprint density at radius 3 is 2.72 bits per heavy atom. The van der Waals surface area contributed by atoms with Crippen molar-refractivity contribution in [1.82, 2.24) is 10.3 Å². The molecule has 4 heteroatoms. The van der Waals surface area contributed by atoms with E-state index < -0.39 is 0 Å². The third kappa shape index (κ3) is 5.98. The number of nitrogens with one attached hydrogen (secondary N) is 1. The third-order valence-electron chi connectivity index (χ3n) is 2.33. The molecule has 0 unspecified atom stereocenters. The van der Waals surface area contributed by atoms with Crippen molar-refractivity contribution < 1.29 is 9.47 Å². The Kier molecular flexibility index (Phi) is 6.09. The van der Waals surface area contributed by atoms with E-state index in [2.05, 4.69) is 31.1 Å². The number of hydrogen-bond donors (Lipinski definition) is 1. The minimum atomic E-state index is 0.0818. The molecule has 1 aromatic rings. The van der Waals surface area contributed by atoms with Gasteiger partial charge in [0, 0.05) is 30.5 Å². The molecule has 0 saturated heterocycles. The van der Waals surface area contributed by atoms with Gasteiger partial charge in [-0.2, -0.15) is 0 Å². The molecule has 4 nitrogen and oxygen atoms in total. The lowest BCUT2D eigenvalue weighted by molar-refractivity contribution is 0.108. The maximum absolute atomic E-state index is 5.63. The lowest BCUT2D eigenvalue weighted by Crippen LogP contribution is -2.35. The van der Waals surface area contributed by atoms with Gasteiger partial charge >= 0.3 is 0 Å². The molecule has 1 heterocycles. The Labute approximate surface area is 110 Å². The predicted molar refractivity (Wildman–Crippen MR) is 72.8 cm³/mol. The standard InChI is InChI=1S/C14H24N2O2/c1-5-17-9-10-18-13-12(7-6-8-15-13)11-16-14(2,3)4/h6-8,16H,5,9-11H2,1-4H3. The van der Waals surface area contributed by atoms with Crippen molar-refractivity contribution in [3.63, 3.8) is 0 Å². The number of hydrogen-bond acceptors (Lipinski definition) is 4. The molecule has 102 valence electrons. The molecule has 1 N–H and O–H groups in total. The van der Waals surface area contributed by atoms with Gasteiger partial charge in [-0.3, -0.25) is 0 Å². The van der Waals surface area contributed by atoms with Crippen LogP contribution in [0.1, 0.15) is 33.3 Å². The highest BCUT2D eigenvalue weighted by atomic mass is 16.5. The summed E-state index contributed by atoms with van der Waals surface area (Å²) in [5, 5.41) is 3.43. The van der Waals surface area contributed by atoms with E-state index in [0.29, 0.717) is 25.7 Å². The van der Waals surface area contributed by atoms with Crippen LogP contribution in [0.2, 0.25) is 0 Å². The minimum Gasteiger partial charge on any atom is -0.475 e. The zero-order valence-corrected chi connectivity index (χ0v) is 11.8. The molecule has 0 fully saturated rings. The summed E-state index contributed by atoms with van der Waals surface area (Å²) in [5.74, 6) is 0.689. The fourth-order valence-electron chi connectivity index (χ4n) is 1.39. The van der Waals surface area contributed by atoms with Crippen LogP contribution in [0.4, 0.5) is 0 Å². The summed E-state index contributed by atoms with van der Waals surface area (Å²) in [5.41, 5.74) is 1.15. The molecule has 1 rings (SSSR count). The monoisotopic (exact) mass is 252 g/mol. The van der Waals surface area contributed by atoms with E-state index in [1.54, 1.807) is 6.20 Å². The van der Waals surface area contributed by atoms with Crippen LogP contribution in [0.3, 0.4) is 0 Å². The molecule has 0 saturated carbocycles. The van der Waals surface area contributed by atoms with Crippen molar-refractivity contribution in [3.05, 3.63) is 23.9 Å². The molecule has 0 amide bonds. The number of ether oxygens (including phenoxy) is 2. The molecule has 0 aliphatic rings. The fourth-order valence-corrected chi connectivity index (χ4v) is 1.39. The zero-order valence-electron chi connectivity index (χ0n) is 11.8. The van der Waals surface area contributed by atoms with Crippen molar-refractivity contribution in [2.75, 3.05) is 19.8 Å². The van der Waals surface area contributed by atoms with Gasteiger partial charge < -0.3 is 14.8 Å². The van der Waals surface area contributed by atoms with Crippen molar-refractivity contribution >= 4 is 0 Å². The summed E-state index contributed by atoms with van der Waals surface area (Å²) in [6, 6.07) is 3.96. The molecule has 1 aromatic heterocycles. The number of nitrogens with zero attached hydrogens (tertiary/aromatic N) is 1. The Bertz CT molecular complexity index is 348. The van der Waals surface area contributed by atoms with Gasteiger partial charge in [-0.15, -0.1) is 0 Å². The fraction of sp³-hybridized carbons (Fsp3) is 0.643. The summed E-state index contributed by atoms with van der Waals surface area (Å²) in [6.07, 6.45) is 1.75. The van der Waals surface area contributed by atoms with Gasteiger partial charge in [0.2, 0.25) is 5.88 Å². The van der Waals surface area contributed by atoms with Crippen LogP contribution in [0.25, 0.3) is 0 Å². The Hall–Kier alpha value is -1.13. The van der Waals surface area contributed by atoms with E-state index in [-0.39, 0.29) is 5.54 Å². The van der Waals surface area contributed by atoms with Gasteiger partial charge in [-0.25, -0.2) is 4.98 Å². The minimum absolute atomic E-state index is 0.0818. The first-order valence-electron chi connectivity index (χ1n) is 6.42. The highest BCUT2D eigenvalue weighted by Crippen LogP contribution is 2.15. The highest BCUT2D eigenvalue weighted by molar-refractivity contribution is 5.25. The number of pyridine rings is 1. The predicted octanol–water partition coefficient (Wildman–Crippen LogP) is 2.39. The van der Waals surface area contributed by atoms with E-state index in [1.165, 1.54) is 0 Å². The SMILES string of the molecule is CCOCCOc1ncccc1CNC(C)(C)C. The molecule has 0 bridgehead atoms. The second-order valence-electron chi connectivity index (χ2n) is 5.12. The molecule has 0 aliphatic carbocycles. The summed E-state index contributed by atoms with van der Waals surface area (Å²) >= 11 is 0. The van der Waals surface area contributed by atoms with Crippen molar-refractivity contribution in [3.8, 4) is 5.88 Å². The van der Waals surface area contributed by atoms with Gasteiger partial charge in [-0.1, -0.05) is 6.07 Å². The van der Waals surface area contributed by atoms with Crippen LogP contribution in [0.15, 0.2) is 18.3 Å². The first-order valence-corrected chi connectivity index (χ1v) is 6.42. The van der Waals surface area contributed by atoms with E-state index in [4.69, 9.17) is 9.47 Å². The van der Waals surface area contributed by atoms with Crippen molar-refractivity contribution in [2.45, 2.75) is 39.8 Å². The van der Waals surface area contributed by atoms with E-state index in [0.717, 1.165) is 12.1 Å². The Morgan fingerprint density at radius 1 is 1.28 bits per heavy atom.